The zero-order valence-corrected chi connectivity index (χ0v) is 21.3. The van der Waals surface area contributed by atoms with Gasteiger partial charge < -0.3 is 20.3 Å². The molecule has 1 heterocycles. The molecule has 34 heavy (non-hydrogen) atoms. The predicted molar refractivity (Wildman–Crippen MR) is 125 cm³/mol. The minimum atomic E-state index is -0.926. The van der Waals surface area contributed by atoms with Crippen LogP contribution in [0.2, 0.25) is 0 Å². The molecule has 1 aliphatic rings. The molecular formula is C23H36ClN3O7. The summed E-state index contributed by atoms with van der Waals surface area (Å²) in [4.78, 5) is 75.0. The van der Waals surface area contributed by atoms with Crippen molar-refractivity contribution in [3.63, 3.8) is 0 Å². The molecule has 1 aliphatic heterocycles. The van der Waals surface area contributed by atoms with Gasteiger partial charge in [0.2, 0.25) is 17.7 Å². The van der Waals surface area contributed by atoms with Crippen molar-refractivity contribution in [3.8, 4) is 0 Å². The van der Waals surface area contributed by atoms with Crippen molar-refractivity contribution in [2.24, 2.45) is 11.8 Å². The topological polar surface area (TPSA) is 139 Å². The van der Waals surface area contributed by atoms with E-state index in [0.29, 0.717) is 19.4 Å². The molecule has 4 unspecified atom stereocenters. The van der Waals surface area contributed by atoms with Crippen LogP contribution >= 0.6 is 11.6 Å². The second kappa shape index (κ2) is 14.0. The molecule has 0 radical (unpaired) electrons. The Morgan fingerprint density at radius 3 is 2.21 bits per heavy atom. The highest BCUT2D eigenvalue weighted by Crippen LogP contribution is 2.25. The Bertz CT molecular complexity index is 787. The van der Waals surface area contributed by atoms with Crippen molar-refractivity contribution in [1.29, 1.82) is 0 Å². The van der Waals surface area contributed by atoms with Gasteiger partial charge in [-0.2, -0.15) is 0 Å². The molecule has 4 atom stereocenters. The molecule has 1 fully saturated rings. The molecule has 0 saturated carbocycles. The summed E-state index contributed by atoms with van der Waals surface area (Å²) in [5.74, 6) is -3.09. The van der Waals surface area contributed by atoms with Crippen LogP contribution in [0.15, 0.2) is 0 Å². The largest absolute Gasteiger partial charge is 0.469 e. The number of ether oxygens (including phenoxy) is 1. The molecule has 0 aromatic rings. The Labute approximate surface area is 205 Å². The first-order valence-electron chi connectivity index (χ1n) is 11.5. The molecule has 0 bridgehead atoms. The van der Waals surface area contributed by atoms with Crippen LogP contribution in [0.3, 0.4) is 0 Å². The van der Waals surface area contributed by atoms with Crippen LogP contribution in [-0.4, -0.2) is 77.8 Å². The second-order valence-corrected chi connectivity index (χ2v) is 9.17. The molecule has 0 aromatic carbocycles. The van der Waals surface area contributed by atoms with Gasteiger partial charge in [0.1, 0.15) is 12.1 Å². The number of Topliss-reactive ketones (excluding diaryl/α,β-unsaturated/α-hetero) is 2. The number of methoxy groups -OCH3 is 1. The minimum Gasteiger partial charge on any atom is -0.469 e. The fourth-order valence-corrected chi connectivity index (χ4v) is 4.08. The summed E-state index contributed by atoms with van der Waals surface area (Å²) in [7, 11) is 1.22. The van der Waals surface area contributed by atoms with E-state index in [1.165, 1.54) is 25.9 Å². The number of alkyl halides is 1. The quantitative estimate of drug-likeness (QED) is 0.283. The summed E-state index contributed by atoms with van der Waals surface area (Å²) in [6, 6.07) is -2.49. The standard InChI is InChI=1S/C23H36ClN3O7/c1-13(2)16(19(29)12-24)11-18(28)17-7-6-10-27(17)23(33)15(4)26-22(32)14(3)25-20(30)8-9-21(31)34-5/h13-17H,6-12H2,1-5H3,(H,25,30)(H,26,32). The number of esters is 1. The van der Waals surface area contributed by atoms with Crippen LogP contribution < -0.4 is 10.6 Å². The Hall–Kier alpha value is -2.49. The van der Waals surface area contributed by atoms with E-state index in [4.69, 9.17) is 11.6 Å². The Morgan fingerprint density at radius 1 is 1.00 bits per heavy atom. The van der Waals surface area contributed by atoms with Crippen molar-refractivity contribution in [2.45, 2.75) is 77.9 Å². The normalized spacial score (nSPS) is 18.1. The van der Waals surface area contributed by atoms with Crippen LogP contribution in [-0.2, 0) is 33.5 Å². The summed E-state index contributed by atoms with van der Waals surface area (Å²) in [6.07, 6.45) is 0.931. The number of hydrogen-bond donors (Lipinski definition) is 2. The molecule has 192 valence electrons. The third-order valence-corrected chi connectivity index (χ3v) is 6.23. The zero-order valence-electron chi connectivity index (χ0n) is 20.5. The minimum absolute atomic E-state index is 0.0209. The van der Waals surface area contributed by atoms with Crippen LogP contribution in [0.1, 0.15) is 59.8 Å². The van der Waals surface area contributed by atoms with Crippen molar-refractivity contribution in [2.75, 3.05) is 19.5 Å². The van der Waals surface area contributed by atoms with Crippen molar-refractivity contribution >= 4 is 46.9 Å². The maximum Gasteiger partial charge on any atom is 0.306 e. The van der Waals surface area contributed by atoms with Gasteiger partial charge in [0.15, 0.2) is 11.6 Å². The molecule has 11 heteroatoms. The molecule has 0 aliphatic carbocycles. The molecule has 0 aromatic heterocycles. The third kappa shape index (κ3) is 8.70. The summed E-state index contributed by atoms with van der Waals surface area (Å²) in [5, 5.41) is 5.03. The highest BCUT2D eigenvalue weighted by molar-refractivity contribution is 6.28. The highest BCUT2D eigenvalue weighted by Gasteiger charge is 2.38. The smallest absolute Gasteiger partial charge is 0.306 e. The van der Waals surface area contributed by atoms with E-state index >= 15 is 0 Å². The first kappa shape index (κ1) is 29.5. The Balaban J connectivity index is 2.68. The monoisotopic (exact) mass is 501 g/mol. The van der Waals surface area contributed by atoms with Gasteiger partial charge in [-0.3, -0.25) is 28.8 Å². The zero-order chi connectivity index (χ0) is 26.0. The van der Waals surface area contributed by atoms with Gasteiger partial charge in [-0.05, 0) is 32.6 Å². The third-order valence-electron chi connectivity index (χ3n) is 5.96. The summed E-state index contributed by atoms with van der Waals surface area (Å²) in [6.45, 7) is 7.07. The van der Waals surface area contributed by atoms with E-state index in [2.05, 4.69) is 15.4 Å². The predicted octanol–water partition coefficient (Wildman–Crippen LogP) is 0.979. The van der Waals surface area contributed by atoms with Crippen molar-refractivity contribution < 1.29 is 33.5 Å². The van der Waals surface area contributed by atoms with E-state index < -0.39 is 47.7 Å². The average Bonchev–Trinajstić information content (AvgIpc) is 3.29. The Kier molecular flexibility index (Phi) is 12.2. The first-order valence-corrected chi connectivity index (χ1v) is 12.0. The number of rotatable bonds is 13. The molecular weight excluding hydrogens is 466 g/mol. The van der Waals surface area contributed by atoms with Gasteiger partial charge in [0.05, 0.1) is 25.5 Å². The highest BCUT2D eigenvalue weighted by atomic mass is 35.5. The molecule has 1 rings (SSSR count). The van der Waals surface area contributed by atoms with Crippen molar-refractivity contribution in [3.05, 3.63) is 0 Å². The summed E-state index contributed by atoms with van der Waals surface area (Å²) >= 11 is 5.69. The van der Waals surface area contributed by atoms with E-state index in [1.54, 1.807) is 0 Å². The van der Waals surface area contributed by atoms with Gasteiger partial charge in [0, 0.05) is 25.3 Å². The number of hydrogen-bond acceptors (Lipinski definition) is 7. The summed E-state index contributed by atoms with van der Waals surface area (Å²) < 4.78 is 4.47. The van der Waals surface area contributed by atoms with Gasteiger partial charge >= 0.3 is 5.97 Å². The lowest BCUT2D eigenvalue weighted by molar-refractivity contribution is -0.142. The number of halogens is 1. The fraction of sp³-hybridized carbons (Fsp3) is 0.739. The molecule has 0 spiro atoms. The number of nitrogens with one attached hydrogen (secondary N) is 2. The number of carbonyl (C=O) groups excluding carboxylic acids is 6. The summed E-state index contributed by atoms with van der Waals surface area (Å²) in [5.41, 5.74) is 0. The number of carbonyl (C=O) groups is 6. The lowest BCUT2D eigenvalue weighted by atomic mass is 9.85. The van der Waals surface area contributed by atoms with E-state index in [1.807, 2.05) is 13.8 Å². The van der Waals surface area contributed by atoms with E-state index in [-0.39, 0.29) is 42.6 Å². The maximum atomic E-state index is 13.0. The average molecular weight is 502 g/mol. The lowest BCUT2D eigenvalue weighted by Gasteiger charge is -2.29. The SMILES string of the molecule is COC(=O)CCC(=O)NC(C)C(=O)NC(C)C(=O)N1CCCC1C(=O)CC(C(=O)CCl)C(C)C. The first-order chi connectivity index (χ1) is 15.9. The molecule has 10 nitrogen and oxygen atoms in total. The van der Waals surface area contributed by atoms with Gasteiger partial charge in [-0.1, -0.05) is 13.8 Å². The number of likely N-dealkylation sites (tertiary alicyclic amines) is 1. The van der Waals surface area contributed by atoms with Crippen molar-refractivity contribution in [1.82, 2.24) is 15.5 Å². The number of amides is 3. The molecule has 1 saturated heterocycles. The van der Waals surface area contributed by atoms with E-state index in [9.17, 15) is 28.8 Å². The van der Waals surface area contributed by atoms with Crippen LogP contribution in [0.4, 0.5) is 0 Å². The fourth-order valence-electron chi connectivity index (χ4n) is 3.88. The van der Waals surface area contributed by atoms with Crippen LogP contribution in [0, 0.1) is 11.8 Å². The molecule has 3 amide bonds. The van der Waals surface area contributed by atoms with Gasteiger partial charge in [0.25, 0.3) is 0 Å². The second-order valence-electron chi connectivity index (χ2n) is 8.91. The van der Waals surface area contributed by atoms with E-state index in [0.717, 1.165) is 0 Å². The number of ketones is 2. The number of nitrogens with zero attached hydrogens (tertiary/aromatic N) is 1. The maximum absolute atomic E-state index is 13.0. The lowest BCUT2D eigenvalue weighted by Crippen LogP contribution is -2.54. The Morgan fingerprint density at radius 2 is 1.65 bits per heavy atom. The van der Waals surface area contributed by atoms with Crippen LogP contribution in [0.25, 0.3) is 0 Å². The van der Waals surface area contributed by atoms with Gasteiger partial charge in [-0.25, -0.2) is 0 Å². The molecule has 2 N–H and O–H groups in total. The van der Waals surface area contributed by atoms with Gasteiger partial charge in [-0.15, -0.1) is 11.6 Å². The van der Waals surface area contributed by atoms with Crippen LogP contribution in [0.5, 0.6) is 0 Å².